The standard InChI is InChI=1S/C23H25ClN4O2/c1-3-28-22(29)20(16-4-6-17(24)7-5-16)21(23(28)30)25-18-8-10-19(11-9-18)27-14-12-26(2)13-15-27/h4-11,25H,3,12-15H2,1-2H3. The lowest BCUT2D eigenvalue weighted by atomic mass is 10.0. The van der Waals surface area contributed by atoms with Crippen molar-refractivity contribution in [1.82, 2.24) is 9.80 Å². The molecule has 0 saturated carbocycles. The van der Waals surface area contributed by atoms with E-state index in [1.807, 2.05) is 12.1 Å². The molecule has 2 amide bonds. The smallest absolute Gasteiger partial charge is 0.278 e. The van der Waals surface area contributed by atoms with Crippen molar-refractivity contribution in [3.8, 4) is 0 Å². The summed E-state index contributed by atoms with van der Waals surface area (Å²) in [7, 11) is 2.13. The number of piperazine rings is 1. The van der Waals surface area contributed by atoms with E-state index in [4.69, 9.17) is 11.6 Å². The van der Waals surface area contributed by atoms with Gasteiger partial charge in [0.1, 0.15) is 5.70 Å². The second-order valence-electron chi connectivity index (χ2n) is 7.57. The summed E-state index contributed by atoms with van der Waals surface area (Å²) >= 11 is 5.99. The molecular weight excluding hydrogens is 400 g/mol. The number of hydrogen-bond acceptors (Lipinski definition) is 5. The van der Waals surface area contributed by atoms with Crippen molar-refractivity contribution in [3.63, 3.8) is 0 Å². The molecule has 2 aromatic rings. The third kappa shape index (κ3) is 3.93. The van der Waals surface area contributed by atoms with Gasteiger partial charge >= 0.3 is 0 Å². The quantitative estimate of drug-likeness (QED) is 0.746. The first-order valence-electron chi connectivity index (χ1n) is 10.1. The van der Waals surface area contributed by atoms with Crippen LogP contribution in [0.2, 0.25) is 5.02 Å². The van der Waals surface area contributed by atoms with Crippen molar-refractivity contribution < 1.29 is 9.59 Å². The minimum atomic E-state index is -0.310. The number of rotatable bonds is 5. The number of halogens is 1. The van der Waals surface area contributed by atoms with Gasteiger partial charge in [0.2, 0.25) is 0 Å². The number of hydrogen-bond donors (Lipinski definition) is 1. The average Bonchev–Trinajstić information content (AvgIpc) is 2.99. The van der Waals surface area contributed by atoms with Crippen molar-refractivity contribution in [2.45, 2.75) is 6.92 Å². The van der Waals surface area contributed by atoms with Crippen LogP contribution in [-0.2, 0) is 9.59 Å². The predicted octanol–water partition coefficient (Wildman–Crippen LogP) is 3.30. The maximum atomic E-state index is 12.9. The maximum Gasteiger partial charge on any atom is 0.278 e. The average molecular weight is 425 g/mol. The zero-order chi connectivity index (χ0) is 21.3. The fraction of sp³-hybridized carbons (Fsp3) is 0.304. The lowest BCUT2D eigenvalue weighted by Crippen LogP contribution is -2.44. The van der Waals surface area contributed by atoms with Crippen LogP contribution in [0.3, 0.4) is 0 Å². The molecule has 0 spiro atoms. The topological polar surface area (TPSA) is 55.9 Å². The van der Waals surface area contributed by atoms with E-state index < -0.39 is 0 Å². The molecule has 0 atom stereocenters. The van der Waals surface area contributed by atoms with Crippen LogP contribution in [0.15, 0.2) is 54.2 Å². The molecule has 1 saturated heterocycles. The van der Waals surface area contributed by atoms with Gasteiger partial charge in [-0.25, -0.2) is 0 Å². The molecule has 2 aliphatic heterocycles. The van der Waals surface area contributed by atoms with E-state index in [2.05, 4.69) is 34.3 Å². The van der Waals surface area contributed by atoms with Crippen LogP contribution in [0.25, 0.3) is 5.57 Å². The molecule has 2 aliphatic rings. The fourth-order valence-electron chi connectivity index (χ4n) is 3.83. The Labute approximate surface area is 181 Å². The van der Waals surface area contributed by atoms with Crippen LogP contribution >= 0.6 is 11.6 Å². The van der Waals surface area contributed by atoms with Gasteiger partial charge < -0.3 is 15.1 Å². The van der Waals surface area contributed by atoms with E-state index in [1.54, 1.807) is 31.2 Å². The molecule has 1 fully saturated rings. The lowest BCUT2D eigenvalue weighted by Gasteiger charge is -2.34. The minimum absolute atomic E-state index is 0.290. The van der Waals surface area contributed by atoms with E-state index >= 15 is 0 Å². The maximum absolute atomic E-state index is 12.9. The SMILES string of the molecule is CCN1C(=O)C(Nc2ccc(N3CCN(C)CC3)cc2)=C(c2ccc(Cl)cc2)C1=O. The lowest BCUT2D eigenvalue weighted by molar-refractivity contribution is -0.136. The van der Waals surface area contributed by atoms with Crippen LogP contribution in [0.4, 0.5) is 11.4 Å². The van der Waals surface area contributed by atoms with Gasteiger partial charge in [-0.2, -0.15) is 0 Å². The molecule has 2 heterocycles. The second-order valence-corrected chi connectivity index (χ2v) is 8.01. The number of benzene rings is 2. The third-order valence-corrected chi connectivity index (χ3v) is 5.87. The number of carbonyl (C=O) groups excluding carboxylic acids is 2. The van der Waals surface area contributed by atoms with Crippen LogP contribution in [0.5, 0.6) is 0 Å². The number of likely N-dealkylation sites (N-methyl/N-ethyl adjacent to an activating group) is 2. The number of amides is 2. The molecule has 7 heteroatoms. The highest BCUT2D eigenvalue weighted by Gasteiger charge is 2.38. The van der Waals surface area contributed by atoms with Gasteiger partial charge in [0.15, 0.2) is 0 Å². The summed E-state index contributed by atoms with van der Waals surface area (Å²) < 4.78 is 0. The monoisotopic (exact) mass is 424 g/mol. The summed E-state index contributed by atoms with van der Waals surface area (Å²) in [5, 5.41) is 3.77. The van der Waals surface area contributed by atoms with Crippen molar-refractivity contribution in [3.05, 3.63) is 64.8 Å². The summed E-state index contributed by atoms with van der Waals surface area (Å²) in [5.74, 6) is -0.600. The summed E-state index contributed by atoms with van der Waals surface area (Å²) in [6, 6.07) is 15.0. The summed E-state index contributed by atoms with van der Waals surface area (Å²) in [5.41, 5.74) is 3.28. The van der Waals surface area contributed by atoms with Gasteiger partial charge in [-0.15, -0.1) is 0 Å². The van der Waals surface area contributed by atoms with E-state index in [-0.39, 0.29) is 11.8 Å². The zero-order valence-corrected chi connectivity index (χ0v) is 17.9. The van der Waals surface area contributed by atoms with Crippen LogP contribution in [0, 0.1) is 0 Å². The summed E-state index contributed by atoms with van der Waals surface area (Å²) in [4.78, 5) is 31.7. The number of imide groups is 1. The van der Waals surface area contributed by atoms with Crippen molar-refractivity contribution in [2.24, 2.45) is 0 Å². The first-order valence-corrected chi connectivity index (χ1v) is 10.5. The Hall–Kier alpha value is -2.83. The number of nitrogens with one attached hydrogen (secondary N) is 1. The van der Waals surface area contributed by atoms with Crippen LogP contribution in [-0.4, -0.2) is 61.4 Å². The van der Waals surface area contributed by atoms with E-state index in [0.717, 1.165) is 37.6 Å². The fourth-order valence-corrected chi connectivity index (χ4v) is 3.95. The molecule has 4 rings (SSSR count). The van der Waals surface area contributed by atoms with E-state index in [0.29, 0.717) is 28.4 Å². The van der Waals surface area contributed by atoms with Gasteiger partial charge in [0, 0.05) is 49.1 Å². The molecular formula is C23H25ClN4O2. The number of anilines is 2. The predicted molar refractivity (Wildman–Crippen MR) is 121 cm³/mol. The molecule has 30 heavy (non-hydrogen) atoms. The zero-order valence-electron chi connectivity index (χ0n) is 17.2. The number of carbonyl (C=O) groups is 2. The Balaban J connectivity index is 1.61. The van der Waals surface area contributed by atoms with Crippen molar-refractivity contribution in [1.29, 1.82) is 0 Å². The highest BCUT2D eigenvalue weighted by Crippen LogP contribution is 2.31. The second kappa shape index (κ2) is 8.50. The van der Waals surface area contributed by atoms with Gasteiger partial charge in [-0.1, -0.05) is 23.7 Å². The normalized spacial score (nSPS) is 17.8. The number of nitrogens with zero attached hydrogens (tertiary/aromatic N) is 3. The van der Waals surface area contributed by atoms with Crippen LogP contribution in [0.1, 0.15) is 12.5 Å². The molecule has 0 aliphatic carbocycles. The molecule has 0 radical (unpaired) electrons. The molecule has 2 aromatic carbocycles. The molecule has 156 valence electrons. The van der Waals surface area contributed by atoms with Crippen LogP contribution < -0.4 is 10.2 Å². The first kappa shape index (κ1) is 20.4. The molecule has 0 bridgehead atoms. The summed E-state index contributed by atoms with van der Waals surface area (Å²) in [6.45, 7) is 6.19. The Kier molecular flexibility index (Phi) is 5.79. The molecule has 6 nitrogen and oxygen atoms in total. The highest BCUT2D eigenvalue weighted by molar-refractivity contribution is 6.36. The summed E-state index contributed by atoms with van der Waals surface area (Å²) in [6.07, 6.45) is 0. The molecule has 0 unspecified atom stereocenters. The highest BCUT2D eigenvalue weighted by atomic mass is 35.5. The molecule has 1 N–H and O–H groups in total. The van der Waals surface area contributed by atoms with Gasteiger partial charge in [0.05, 0.1) is 5.57 Å². The van der Waals surface area contributed by atoms with Gasteiger partial charge in [-0.05, 0) is 55.9 Å². The Bertz CT molecular complexity index is 977. The largest absolute Gasteiger partial charge is 0.369 e. The Morgan fingerprint density at radius 3 is 2.13 bits per heavy atom. The first-order chi connectivity index (χ1) is 14.5. The minimum Gasteiger partial charge on any atom is -0.369 e. The van der Waals surface area contributed by atoms with E-state index in [9.17, 15) is 9.59 Å². The Morgan fingerprint density at radius 2 is 1.53 bits per heavy atom. The van der Waals surface area contributed by atoms with E-state index in [1.165, 1.54) is 4.90 Å². The van der Waals surface area contributed by atoms with Crippen molar-refractivity contribution in [2.75, 3.05) is 50.0 Å². The van der Waals surface area contributed by atoms with Gasteiger partial charge in [0.25, 0.3) is 11.8 Å². The molecule has 0 aromatic heterocycles. The third-order valence-electron chi connectivity index (χ3n) is 5.62. The van der Waals surface area contributed by atoms with Gasteiger partial charge in [-0.3, -0.25) is 14.5 Å². The Morgan fingerprint density at radius 1 is 0.900 bits per heavy atom. The van der Waals surface area contributed by atoms with Crippen molar-refractivity contribution >= 4 is 40.4 Å².